The number of rotatable bonds is 7. The third-order valence-corrected chi connectivity index (χ3v) is 4.79. The summed E-state index contributed by atoms with van der Waals surface area (Å²) in [6, 6.07) is 10.0. The Bertz CT molecular complexity index is 487. The van der Waals surface area contributed by atoms with Crippen LogP contribution in [0.4, 0.5) is 0 Å². The number of nitrogens with one attached hydrogen (secondary N) is 1. The van der Waals surface area contributed by atoms with Crippen LogP contribution in [-0.2, 0) is 10.4 Å². The van der Waals surface area contributed by atoms with E-state index in [-0.39, 0.29) is 12.3 Å². The fourth-order valence-electron chi connectivity index (χ4n) is 3.27. The van der Waals surface area contributed by atoms with Gasteiger partial charge in [-0.25, -0.2) is 0 Å². The van der Waals surface area contributed by atoms with Crippen molar-refractivity contribution in [2.75, 3.05) is 19.6 Å². The molecule has 4 heteroatoms. The highest BCUT2D eigenvalue weighted by Crippen LogP contribution is 2.23. The third kappa shape index (κ3) is 5.63. The van der Waals surface area contributed by atoms with E-state index >= 15 is 0 Å². The zero-order chi connectivity index (χ0) is 16.7. The van der Waals surface area contributed by atoms with Gasteiger partial charge in [0.2, 0.25) is 5.91 Å². The highest BCUT2D eigenvalue weighted by molar-refractivity contribution is 5.77. The quantitative estimate of drug-likeness (QED) is 0.760. The largest absolute Gasteiger partial charge is 0.385 e. The minimum Gasteiger partial charge on any atom is -0.385 e. The van der Waals surface area contributed by atoms with Crippen LogP contribution in [0.5, 0.6) is 0 Å². The SMILES string of the molecule is CC1CCCCN1CCCNC(=O)CC(C)(O)c1ccccc1. The van der Waals surface area contributed by atoms with Gasteiger partial charge in [-0.05, 0) is 45.2 Å². The minimum atomic E-state index is -1.12. The Morgan fingerprint density at radius 3 is 2.78 bits per heavy atom. The number of nitrogens with zero attached hydrogens (tertiary/aromatic N) is 1. The summed E-state index contributed by atoms with van der Waals surface area (Å²) < 4.78 is 0. The predicted octanol–water partition coefficient (Wildman–Crippen LogP) is 2.66. The van der Waals surface area contributed by atoms with Crippen LogP contribution in [0.2, 0.25) is 0 Å². The molecule has 1 fully saturated rings. The molecule has 2 atom stereocenters. The average Bonchev–Trinajstić information content (AvgIpc) is 2.53. The smallest absolute Gasteiger partial charge is 0.223 e. The first-order valence-corrected chi connectivity index (χ1v) is 8.78. The second-order valence-corrected chi connectivity index (χ2v) is 6.90. The van der Waals surface area contributed by atoms with E-state index in [9.17, 15) is 9.90 Å². The van der Waals surface area contributed by atoms with Crippen molar-refractivity contribution < 1.29 is 9.90 Å². The Morgan fingerprint density at radius 2 is 2.09 bits per heavy atom. The number of benzene rings is 1. The molecule has 1 aliphatic heterocycles. The molecular weight excluding hydrogens is 288 g/mol. The van der Waals surface area contributed by atoms with E-state index < -0.39 is 5.60 Å². The molecule has 0 aliphatic carbocycles. The van der Waals surface area contributed by atoms with Gasteiger partial charge in [-0.1, -0.05) is 36.8 Å². The maximum absolute atomic E-state index is 12.1. The van der Waals surface area contributed by atoms with E-state index in [0.29, 0.717) is 12.6 Å². The lowest BCUT2D eigenvalue weighted by Gasteiger charge is -2.33. The van der Waals surface area contributed by atoms with Gasteiger partial charge in [0.25, 0.3) is 0 Å². The van der Waals surface area contributed by atoms with E-state index in [1.165, 1.54) is 25.8 Å². The lowest BCUT2D eigenvalue weighted by molar-refractivity contribution is -0.125. The van der Waals surface area contributed by atoms with Crippen molar-refractivity contribution in [1.29, 1.82) is 0 Å². The molecule has 2 N–H and O–H groups in total. The monoisotopic (exact) mass is 318 g/mol. The molecule has 0 spiro atoms. The zero-order valence-electron chi connectivity index (χ0n) is 14.4. The van der Waals surface area contributed by atoms with Gasteiger partial charge >= 0.3 is 0 Å². The van der Waals surface area contributed by atoms with E-state index in [1.54, 1.807) is 6.92 Å². The van der Waals surface area contributed by atoms with Crippen LogP contribution in [0.1, 0.15) is 51.5 Å². The maximum atomic E-state index is 12.1. The molecule has 128 valence electrons. The number of aliphatic hydroxyl groups is 1. The summed E-state index contributed by atoms with van der Waals surface area (Å²) in [7, 11) is 0. The van der Waals surface area contributed by atoms with Crippen molar-refractivity contribution >= 4 is 5.91 Å². The summed E-state index contributed by atoms with van der Waals surface area (Å²) in [6.45, 7) is 6.87. The maximum Gasteiger partial charge on any atom is 0.223 e. The first-order chi connectivity index (χ1) is 11.0. The molecular formula is C19H30N2O2. The molecule has 2 rings (SSSR count). The number of amides is 1. The van der Waals surface area contributed by atoms with E-state index in [0.717, 1.165) is 18.5 Å². The molecule has 0 radical (unpaired) electrons. The third-order valence-electron chi connectivity index (χ3n) is 4.79. The number of hydrogen-bond acceptors (Lipinski definition) is 3. The van der Waals surface area contributed by atoms with Gasteiger partial charge in [0.15, 0.2) is 0 Å². The van der Waals surface area contributed by atoms with Crippen LogP contribution in [0.3, 0.4) is 0 Å². The van der Waals surface area contributed by atoms with Crippen molar-refractivity contribution in [3.63, 3.8) is 0 Å². The minimum absolute atomic E-state index is 0.0921. The van der Waals surface area contributed by atoms with Crippen LogP contribution in [0, 0.1) is 0 Å². The molecule has 1 aromatic carbocycles. The standard InChI is InChI=1S/C19H30N2O2/c1-16-9-6-7-13-21(16)14-8-12-20-18(22)15-19(2,23)17-10-4-3-5-11-17/h3-5,10-11,16,23H,6-9,12-15H2,1-2H3,(H,20,22). The second-order valence-electron chi connectivity index (χ2n) is 6.90. The van der Waals surface area contributed by atoms with Crippen LogP contribution >= 0.6 is 0 Å². The lowest BCUT2D eigenvalue weighted by atomic mass is 9.92. The summed E-state index contributed by atoms with van der Waals surface area (Å²) in [4.78, 5) is 14.6. The number of carbonyl (C=O) groups excluding carboxylic acids is 1. The van der Waals surface area contributed by atoms with Crippen molar-refractivity contribution in [2.45, 2.75) is 57.6 Å². The Labute approximate surface area is 139 Å². The fourth-order valence-corrected chi connectivity index (χ4v) is 3.27. The molecule has 0 bridgehead atoms. The zero-order valence-corrected chi connectivity index (χ0v) is 14.4. The van der Waals surface area contributed by atoms with Gasteiger partial charge in [0.1, 0.15) is 0 Å². The Morgan fingerprint density at radius 1 is 1.35 bits per heavy atom. The van der Waals surface area contributed by atoms with Crippen LogP contribution in [0.15, 0.2) is 30.3 Å². The van der Waals surface area contributed by atoms with E-state index in [1.807, 2.05) is 30.3 Å². The Balaban J connectivity index is 1.69. The number of hydrogen-bond donors (Lipinski definition) is 2. The highest BCUT2D eigenvalue weighted by atomic mass is 16.3. The van der Waals surface area contributed by atoms with Crippen LogP contribution < -0.4 is 5.32 Å². The van der Waals surface area contributed by atoms with E-state index in [4.69, 9.17) is 0 Å². The number of likely N-dealkylation sites (tertiary alicyclic amines) is 1. The summed E-state index contributed by atoms with van der Waals surface area (Å²) in [5, 5.41) is 13.4. The normalized spacial score (nSPS) is 21.6. The van der Waals surface area contributed by atoms with E-state index in [2.05, 4.69) is 17.1 Å². The fraction of sp³-hybridized carbons (Fsp3) is 0.632. The average molecular weight is 318 g/mol. The van der Waals surface area contributed by atoms with Gasteiger partial charge in [0.05, 0.1) is 12.0 Å². The molecule has 1 heterocycles. The van der Waals surface area contributed by atoms with Crippen molar-refractivity contribution in [3.05, 3.63) is 35.9 Å². The van der Waals surface area contributed by atoms with Gasteiger partial charge in [0, 0.05) is 19.1 Å². The van der Waals surface area contributed by atoms with Crippen LogP contribution in [0.25, 0.3) is 0 Å². The second kappa shape index (κ2) is 8.46. The summed E-state index contributed by atoms with van der Waals surface area (Å²) in [6.07, 6.45) is 4.96. The highest BCUT2D eigenvalue weighted by Gasteiger charge is 2.26. The van der Waals surface area contributed by atoms with Crippen molar-refractivity contribution in [2.24, 2.45) is 0 Å². The van der Waals surface area contributed by atoms with Crippen molar-refractivity contribution in [1.82, 2.24) is 10.2 Å². The molecule has 4 nitrogen and oxygen atoms in total. The topological polar surface area (TPSA) is 52.6 Å². The van der Waals surface area contributed by atoms with Crippen molar-refractivity contribution in [3.8, 4) is 0 Å². The van der Waals surface area contributed by atoms with Gasteiger partial charge < -0.3 is 15.3 Å². The molecule has 0 aromatic heterocycles. The van der Waals surface area contributed by atoms with Gasteiger partial charge in [-0.3, -0.25) is 4.79 Å². The van der Waals surface area contributed by atoms with Gasteiger partial charge in [-0.2, -0.15) is 0 Å². The summed E-state index contributed by atoms with van der Waals surface area (Å²) >= 11 is 0. The predicted molar refractivity (Wildman–Crippen MR) is 93.1 cm³/mol. The lowest BCUT2D eigenvalue weighted by Crippen LogP contribution is -2.39. The molecule has 1 saturated heterocycles. The molecule has 1 aliphatic rings. The summed E-state index contributed by atoms with van der Waals surface area (Å²) in [5.74, 6) is -0.0921. The molecule has 23 heavy (non-hydrogen) atoms. The molecule has 1 amide bonds. The Kier molecular flexibility index (Phi) is 6.60. The Hall–Kier alpha value is -1.39. The first-order valence-electron chi connectivity index (χ1n) is 8.78. The number of piperidine rings is 1. The summed E-state index contributed by atoms with van der Waals surface area (Å²) in [5.41, 5.74) is -0.343. The van der Waals surface area contributed by atoms with Crippen LogP contribution in [-0.4, -0.2) is 41.6 Å². The molecule has 1 aromatic rings. The number of carbonyl (C=O) groups is 1. The molecule has 2 unspecified atom stereocenters. The molecule has 0 saturated carbocycles. The first kappa shape index (κ1) is 18.0. The van der Waals surface area contributed by atoms with Gasteiger partial charge in [-0.15, -0.1) is 0 Å².